The number of pyridine rings is 1. The number of aliphatic hydroxyl groups is 1. The van der Waals surface area contributed by atoms with Crippen molar-refractivity contribution in [1.29, 1.82) is 0 Å². The third-order valence-corrected chi connectivity index (χ3v) is 9.35. The number of nitrogens with two attached hydrogens (primary N) is 1. The molecule has 2 saturated heterocycles. The number of likely N-dealkylation sites (tertiary alicyclic amines) is 1. The Bertz CT molecular complexity index is 2120. The molecule has 292 valence electrons. The summed E-state index contributed by atoms with van der Waals surface area (Å²) in [4.78, 5) is 65.2. The molecule has 16 nitrogen and oxygen atoms in total. The summed E-state index contributed by atoms with van der Waals surface area (Å²) < 4.78 is 49.7. The fourth-order valence-electron chi connectivity index (χ4n) is 6.33. The van der Waals surface area contributed by atoms with E-state index in [9.17, 15) is 37.5 Å². The molecule has 3 aromatic heterocycles. The number of nitrogens with zero attached hydrogens (tertiary/aromatic N) is 8. The van der Waals surface area contributed by atoms with E-state index in [1.165, 1.54) is 62.8 Å². The molecule has 4 N–H and O–H groups in total. The quantitative estimate of drug-likeness (QED) is 0.259. The van der Waals surface area contributed by atoms with Gasteiger partial charge in [0.05, 0.1) is 46.0 Å². The highest BCUT2D eigenvalue weighted by Crippen LogP contribution is 2.37. The summed E-state index contributed by atoms with van der Waals surface area (Å²) in [5, 5.41) is 16.9. The van der Waals surface area contributed by atoms with E-state index in [4.69, 9.17) is 22.1 Å². The maximum absolute atomic E-state index is 14.1. The zero-order chi connectivity index (χ0) is 40.0. The Balaban J connectivity index is 1.10. The predicted molar refractivity (Wildman–Crippen MR) is 192 cm³/mol. The maximum Gasteiger partial charge on any atom is 0.435 e. The van der Waals surface area contributed by atoms with Crippen molar-refractivity contribution >= 4 is 46.8 Å². The van der Waals surface area contributed by atoms with E-state index in [1.807, 2.05) is 0 Å². The number of nitrogen functional groups attached to an aromatic ring is 1. The Hall–Kier alpha value is -5.69. The fraction of sp³-hybridized carbons (Fsp3) is 0.400. The van der Waals surface area contributed by atoms with Crippen LogP contribution in [0.25, 0.3) is 17.1 Å². The number of rotatable bonds is 6. The third-order valence-electron chi connectivity index (χ3n) is 9.04. The normalized spacial score (nSPS) is 17.7. The summed E-state index contributed by atoms with van der Waals surface area (Å²) in [7, 11) is 1.38. The smallest absolute Gasteiger partial charge is 0.435 e. The van der Waals surface area contributed by atoms with E-state index in [-0.39, 0.29) is 78.3 Å². The molecule has 2 aliphatic heterocycles. The van der Waals surface area contributed by atoms with Crippen LogP contribution in [-0.4, -0.2) is 118 Å². The highest BCUT2D eigenvalue weighted by atomic mass is 35.5. The van der Waals surface area contributed by atoms with Crippen LogP contribution in [0.2, 0.25) is 5.02 Å². The van der Waals surface area contributed by atoms with Crippen molar-refractivity contribution in [2.24, 2.45) is 7.05 Å². The second-order valence-electron chi connectivity index (χ2n) is 14.1. The van der Waals surface area contributed by atoms with Crippen LogP contribution in [-0.2, 0) is 22.8 Å². The molecule has 0 radical (unpaired) electrons. The molecule has 2 fully saturated rings. The number of hydrogen-bond donors (Lipinski definition) is 3. The van der Waals surface area contributed by atoms with Gasteiger partial charge < -0.3 is 35.3 Å². The molecule has 0 spiro atoms. The van der Waals surface area contributed by atoms with Crippen molar-refractivity contribution in [3.63, 3.8) is 0 Å². The van der Waals surface area contributed by atoms with Crippen molar-refractivity contribution in [2.45, 2.75) is 51.1 Å². The van der Waals surface area contributed by atoms with E-state index in [0.29, 0.717) is 5.69 Å². The number of aromatic nitrogens is 5. The monoisotopic (exact) mass is 786 g/mol. The lowest BCUT2D eigenvalue weighted by molar-refractivity contribution is -0.141. The molecule has 20 heteroatoms. The number of aliphatic hydroxyl groups excluding tert-OH is 1. The number of benzene rings is 1. The van der Waals surface area contributed by atoms with Gasteiger partial charge in [0.2, 0.25) is 5.91 Å². The van der Waals surface area contributed by atoms with E-state index < -0.39 is 53.4 Å². The van der Waals surface area contributed by atoms with Crippen LogP contribution < -0.4 is 11.1 Å². The minimum atomic E-state index is -4.84. The summed E-state index contributed by atoms with van der Waals surface area (Å²) in [5.41, 5.74) is 3.91. The van der Waals surface area contributed by atoms with Crippen molar-refractivity contribution in [2.75, 3.05) is 43.8 Å². The van der Waals surface area contributed by atoms with Crippen LogP contribution in [0.4, 0.5) is 29.3 Å². The molecular weight excluding hydrogens is 749 g/mol. The predicted octanol–water partition coefficient (Wildman–Crippen LogP) is 3.83. The Morgan fingerprint density at radius 3 is 2.29 bits per heavy atom. The molecule has 6 rings (SSSR count). The first kappa shape index (κ1) is 39.0. The number of carbonyl (C=O) groups excluding carboxylic acids is 4. The van der Waals surface area contributed by atoms with Gasteiger partial charge in [0.1, 0.15) is 11.6 Å². The van der Waals surface area contributed by atoms with Gasteiger partial charge >= 0.3 is 12.3 Å². The van der Waals surface area contributed by atoms with Crippen molar-refractivity contribution < 1.29 is 42.2 Å². The Labute approximate surface area is 317 Å². The van der Waals surface area contributed by atoms with Crippen LogP contribution in [0.5, 0.6) is 0 Å². The molecule has 0 aliphatic carbocycles. The average Bonchev–Trinajstić information content (AvgIpc) is 3.84. The number of hydrogen-bond acceptors (Lipinski definition) is 10. The summed E-state index contributed by atoms with van der Waals surface area (Å²) in [6.07, 6.45) is -2.82. The highest BCUT2D eigenvalue weighted by molar-refractivity contribution is 6.34. The van der Waals surface area contributed by atoms with Crippen LogP contribution in [0.15, 0.2) is 48.9 Å². The first-order valence-corrected chi connectivity index (χ1v) is 17.5. The van der Waals surface area contributed by atoms with Crippen LogP contribution in [0, 0.1) is 0 Å². The van der Waals surface area contributed by atoms with Gasteiger partial charge in [0, 0.05) is 51.7 Å². The molecule has 2 aliphatic rings. The van der Waals surface area contributed by atoms with Gasteiger partial charge in [-0.2, -0.15) is 18.3 Å². The lowest BCUT2D eigenvalue weighted by Crippen LogP contribution is -2.57. The SMILES string of the molecule is Cn1c(-c2cn(-c3ccc(N)cn3)nc2C(F)(F)F)cnc1C(=O)Nc1ccc(C(=O)N2CCN(C(=O)[C@@H]3[C@@H](O)CCN3C(=O)OC(C)(C)C)CC2)c(Cl)c1. The number of halogens is 4. The van der Waals surface area contributed by atoms with E-state index >= 15 is 0 Å². The van der Waals surface area contributed by atoms with Gasteiger partial charge in [0.25, 0.3) is 11.8 Å². The molecule has 2 atom stereocenters. The molecule has 4 aromatic rings. The fourth-order valence-corrected chi connectivity index (χ4v) is 6.59. The Morgan fingerprint density at radius 2 is 1.67 bits per heavy atom. The Morgan fingerprint density at radius 1 is 0.982 bits per heavy atom. The average molecular weight is 787 g/mol. The second-order valence-corrected chi connectivity index (χ2v) is 14.5. The van der Waals surface area contributed by atoms with Crippen LogP contribution in [0.3, 0.4) is 0 Å². The first-order valence-electron chi connectivity index (χ1n) is 17.1. The number of alkyl halides is 3. The molecule has 1 aromatic carbocycles. The molecule has 4 amide bonds. The van der Waals surface area contributed by atoms with Gasteiger partial charge in [-0.15, -0.1) is 0 Å². The largest absolute Gasteiger partial charge is 0.444 e. The Kier molecular flexibility index (Phi) is 10.5. The van der Waals surface area contributed by atoms with Crippen molar-refractivity contribution in [3.05, 3.63) is 71.0 Å². The van der Waals surface area contributed by atoms with Gasteiger partial charge in [0.15, 0.2) is 17.3 Å². The number of anilines is 2. The zero-order valence-corrected chi connectivity index (χ0v) is 30.9. The number of imidazole rings is 1. The second kappa shape index (κ2) is 14.9. The van der Waals surface area contributed by atoms with Crippen LogP contribution >= 0.6 is 11.6 Å². The number of carbonyl (C=O) groups is 4. The lowest BCUT2D eigenvalue weighted by Gasteiger charge is -2.38. The summed E-state index contributed by atoms with van der Waals surface area (Å²) in [5.74, 6) is -1.74. The van der Waals surface area contributed by atoms with E-state index in [0.717, 1.165) is 17.1 Å². The zero-order valence-electron chi connectivity index (χ0n) is 30.2. The summed E-state index contributed by atoms with van der Waals surface area (Å²) >= 11 is 6.49. The van der Waals surface area contributed by atoms with E-state index in [2.05, 4.69) is 20.4 Å². The van der Waals surface area contributed by atoms with Gasteiger partial charge in [-0.25, -0.2) is 19.4 Å². The molecule has 0 unspecified atom stereocenters. The molecule has 0 saturated carbocycles. The number of nitrogens with one attached hydrogen (secondary N) is 1. The number of piperazine rings is 1. The number of ether oxygens (including phenoxy) is 1. The standard InChI is InChI=1S/C35H38ClF3N10O6/c1-34(2,3)55-33(54)48-10-9-25(50)27(48)32(53)47-13-11-46(12-14-47)31(52)21-7-6-20(15-23(21)36)43-30(51)29-42-17-24(45(29)4)22-18-49(44-28(22)35(37,38)39)26-8-5-19(40)16-41-26/h5-8,15-18,25,27,50H,9-14,40H2,1-4H3,(H,43,51)/t25-,27-/m0/s1. The van der Waals surface area contributed by atoms with Crippen LogP contribution in [0.1, 0.15) is 53.9 Å². The molecule has 5 heterocycles. The minimum absolute atomic E-state index is 0.0161. The minimum Gasteiger partial charge on any atom is -0.444 e. The summed E-state index contributed by atoms with van der Waals surface area (Å²) in [6, 6.07) is 6.00. The number of amides is 4. The third kappa shape index (κ3) is 8.21. The van der Waals surface area contributed by atoms with Gasteiger partial charge in [-0.3, -0.25) is 19.3 Å². The van der Waals surface area contributed by atoms with Crippen molar-refractivity contribution in [3.8, 4) is 17.1 Å². The molecule has 55 heavy (non-hydrogen) atoms. The van der Waals surface area contributed by atoms with Gasteiger partial charge in [-0.05, 0) is 57.5 Å². The first-order chi connectivity index (χ1) is 25.8. The maximum atomic E-state index is 14.1. The summed E-state index contributed by atoms with van der Waals surface area (Å²) in [6.45, 7) is 5.90. The van der Waals surface area contributed by atoms with Crippen molar-refractivity contribution in [1.82, 2.24) is 39.0 Å². The van der Waals surface area contributed by atoms with Gasteiger partial charge in [-0.1, -0.05) is 11.6 Å². The highest BCUT2D eigenvalue weighted by Gasteiger charge is 2.45. The van der Waals surface area contributed by atoms with E-state index in [1.54, 1.807) is 20.8 Å². The molecule has 0 bridgehead atoms. The lowest BCUT2D eigenvalue weighted by atomic mass is 10.1. The topological polar surface area (TPSA) is 194 Å². The molecular formula is C35H38ClF3N10O6.